The normalized spacial score (nSPS) is 13.7. The van der Waals surface area contributed by atoms with Crippen molar-refractivity contribution in [3.05, 3.63) is 88.3 Å². The summed E-state index contributed by atoms with van der Waals surface area (Å²) in [5.74, 6) is -0.371. The molecule has 3 aromatic carbocycles. The molecule has 0 spiro atoms. The molecule has 1 saturated heterocycles. The van der Waals surface area contributed by atoms with Crippen LogP contribution in [0.5, 0.6) is 23.1 Å². The molecule has 45 heavy (non-hydrogen) atoms. The number of para-hydroxylation sites is 2. The van der Waals surface area contributed by atoms with E-state index in [0.29, 0.717) is 23.8 Å². The highest BCUT2D eigenvalue weighted by molar-refractivity contribution is 6.40. The van der Waals surface area contributed by atoms with Crippen LogP contribution in [0.25, 0.3) is 0 Å². The van der Waals surface area contributed by atoms with E-state index in [4.69, 9.17) is 37.4 Å². The SMILES string of the molecule is COc1cc(Nc2ncc(C(=O)Nc3c(Cl)cccc3Cl)c(Oc3ccccc3F)n2)ccc1OCCCN1CCN(C)CC1. The number of likely N-dealkylation sites (N-methyl/N-ethyl adjacent to an activating group) is 1. The second-order valence-electron chi connectivity index (χ2n) is 10.3. The first-order chi connectivity index (χ1) is 21.8. The molecule has 2 N–H and O–H groups in total. The maximum atomic E-state index is 14.5. The third-order valence-corrected chi connectivity index (χ3v) is 7.76. The van der Waals surface area contributed by atoms with E-state index < -0.39 is 11.7 Å². The molecule has 10 nitrogen and oxygen atoms in total. The van der Waals surface area contributed by atoms with Gasteiger partial charge in [0.1, 0.15) is 5.56 Å². The Labute approximate surface area is 271 Å². The summed E-state index contributed by atoms with van der Waals surface area (Å²) in [6, 6.07) is 15.9. The number of nitrogens with zero attached hydrogens (tertiary/aromatic N) is 4. The van der Waals surface area contributed by atoms with Crippen molar-refractivity contribution in [1.29, 1.82) is 0 Å². The summed E-state index contributed by atoms with van der Waals surface area (Å²) in [4.78, 5) is 26.7. The van der Waals surface area contributed by atoms with Gasteiger partial charge in [0.15, 0.2) is 23.1 Å². The molecular weight excluding hydrogens is 622 g/mol. The monoisotopic (exact) mass is 654 g/mol. The molecule has 0 bridgehead atoms. The van der Waals surface area contributed by atoms with Crippen molar-refractivity contribution in [2.45, 2.75) is 6.42 Å². The van der Waals surface area contributed by atoms with Gasteiger partial charge in [-0.05, 0) is 49.9 Å². The van der Waals surface area contributed by atoms with Crippen molar-refractivity contribution >= 4 is 46.4 Å². The van der Waals surface area contributed by atoms with Gasteiger partial charge in [-0.3, -0.25) is 4.79 Å². The van der Waals surface area contributed by atoms with E-state index in [9.17, 15) is 9.18 Å². The number of hydrogen-bond acceptors (Lipinski definition) is 9. The number of rotatable bonds is 12. The summed E-state index contributed by atoms with van der Waals surface area (Å²) in [5.41, 5.74) is 0.727. The van der Waals surface area contributed by atoms with Crippen LogP contribution < -0.4 is 24.8 Å². The Hall–Kier alpha value is -4.16. The fourth-order valence-electron chi connectivity index (χ4n) is 4.63. The van der Waals surface area contributed by atoms with Gasteiger partial charge in [-0.2, -0.15) is 4.98 Å². The quantitative estimate of drug-likeness (QED) is 0.161. The summed E-state index contributed by atoms with van der Waals surface area (Å²) in [5, 5.41) is 6.21. The van der Waals surface area contributed by atoms with E-state index in [1.165, 1.54) is 24.4 Å². The predicted octanol–water partition coefficient (Wildman–Crippen LogP) is 6.74. The lowest BCUT2D eigenvalue weighted by molar-refractivity contribution is 0.102. The average Bonchev–Trinajstić information content (AvgIpc) is 3.03. The van der Waals surface area contributed by atoms with Gasteiger partial charge in [-0.1, -0.05) is 41.4 Å². The Kier molecular flexibility index (Phi) is 10.9. The van der Waals surface area contributed by atoms with Crippen molar-refractivity contribution < 1.29 is 23.4 Å². The molecule has 0 unspecified atom stereocenters. The molecule has 5 rings (SSSR count). The van der Waals surface area contributed by atoms with Gasteiger partial charge in [-0.25, -0.2) is 9.37 Å². The fraction of sp³-hybridized carbons (Fsp3) is 0.281. The second kappa shape index (κ2) is 15.2. The summed E-state index contributed by atoms with van der Waals surface area (Å²) in [7, 11) is 3.70. The molecule has 13 heteroatoms. The highest BCUT2D eigenvalue weighted by Crippen LogP contribution is 2.34. The van der Waals surface area contributed by atoms with Crippen LogP contribution >= 0.6 is 23.2 Å². The zero-order valence-corrected chi connectivity index (χ0v) is 26.4. The summed E-state index contributed by atoms with van der Waals surface area (Å²) < 4.78 is 31.8. The highest BCUT2D eigenvalue weighted by Gasteiger charge is 2.21. The van der Waals surface area contributed by atoms with Gasteiger partial charge in [0, 0.05) is 50.7 Å². The second-order valence-corrected chi connectivity index (χ2v) is 11.1. The number of aromatic nitrogens is 2. The van der Waals surface area contributed by atoms with Crippen molar-refractivity contribution in [2.75, 3.05) is 64.1 Å². The first-order valence-electron chi connectivity index (χ1n) is 14.3. The van der Waals surface area contributed by atoms with Gasteiger partial charge in [-0.15, -0.1) is 0 Å². The van der Waals surface area contributed by atoms with E-state index in [2.05, 4.69) is 37.4 Å². The van der Waals surface area contributed by atoms with E-state index in [1.807, 2.05) is 0 Å². The molecule has 1 aliphatic rings. The summed E-state index contributed by atoms with van der Waals surface area (Å²) in [6.45, 7) is 5.82. The molecule has 1 fully saturated rings. The number of carbonyl (C=O) groups is 1. The smallest absolute Gasteiger partial charge is 0.262 e. The number of carbonyl (C=O) groups excluding carboxylic acids is 1. The first-order valence-corrected chi connectivity index (χ1v) is 15.1. The van der Waals surface area contributed by atoms with E-state index in [0.717, 1.165) is 39.1 Å². The fourth-order valence-corrected chi connectivity index (χ4v) is 5.12. The lowest BCUT2D eigenvalue weighted by atomic mass is 10.2. The zero-order chi connectivity index (χ0) is 31.8. The third-order valence-electron chi connectivity index (χ3n) is 7.13. The number of hydrogen-bond donors (Lipinski definition) is 2. The lowest BCUT2D eigenvalue weighted by Gasteiger charge is -2.32. The third kappa shape index (κ3) is 8.52. The number of piperazine rings is 1. The minimum Gasteiger partial charge on any atom is -0.493 e. The zero-order valence-electron chi connectivity index (χ0n) is 24.9. The van der Waals surface area contributed by atoms with Crippen LogP contribution in [-0.4, -0.2) is 79.2 Å². The van der Waals surface area contributed by atoms with Crippen LogP contribution in [0.15, 0.2) is 66.9 Å². The Balaban J connectivity index is 1.31. The standard InChI is InChI=1S/C32H33Cl2FN6O4/c1-40-14-16-41(17-15-40)13-6-18-44-27-12-11-21(19-28(27)43-2)37-32-36-20-22(30(42)38-29-23(33)7-5-8-24(29)34)31(39-32)45-26-10-4-3-9-25(26)35/h3-5,7-12,19-20H,6,13-18H2,1-2H3,(H,38,42)(H,36,37,39). The number of nitrogens with one attached hydrogen (secondary N) is 2. The Morgan fingerprint density at radius 2 is 1.73 bits per heavy atom. The van der Waals surface area contributed by atoms with Crippen LogP contribution in [0.2, 0.25) is 10.0 Å². The Morgan fingerprint density at radius 1 is 0.978 bits per heavy atom. The minimum atomic E-state index is -0.654. The molecule has 0 aliphatic carbocycles. The molecule has 0 atom stereocenters. The molecule has 1 aromatic heterocycles. The van der Waals surface area contributed by atoms with Crippen LogP contribution in [0, 0.1) is 5.82 Å². The average molecular weight is 656 g/mol. The summed E-state index contributed by atoms with van der Waals surface area (Å²) in [6.07, 6.45) is 2.16. The maximum Gasteiger partial charge on any atom is 0.262 e. The van der Waals surface area contributed by atoms with Crippen molar-refractivity contribution in [2.24, 2.45) is 0 Å². The molecule has 1 aliphatic heterocycles. The Bertz CT molecular complexity index is 1620. The number of ether oxygens (including phenoxy) is 3. The number of amides is 1. The highest BCUT2D eigenvalue weighted by atomic mass is 35.5. The van der Waals surface area contributed by atoms with Crippen molar-refractivity contribution in [3.8, 4) is 23.1 Å². The topological polar surface area (TPSA) is 101 Å². The molecule has 1 amide bonds. The van der Waals surface area contributed by atoms with Crippen molar-refractivity contribution in [3.63, 3.8) is 0 Å². The van der Waals surface area contributed by atoms with Gasteiger partial charge in [0.2, 0.25) is 11.8 Å². The van der Waals surface area contributed by atoms with Crippen LogP contribution in [0.4, 0.5) is 21.7 Å². The van der Waals surface area contributed by atoms with E-state index in [1.54, 1.807) is 49.6 Å². The predicted molar refractivity (Wildman–Crippen MR) is 173 cm³/mol. The van der Waals surface area contributed by atoms with Gasteiger partial charge in [0.25, 0.3) is 5.91 Å². The Morgan fingerprint density at radius 3 is 2.47 bits per heavy atom. The number of benzene rings is 3. The van der Waals surface area contributed by atoms with Gasteiger partial charge in [0.05, 0.1) is 29.4 Å². The number of methoxy groups -OCH3 is 1. The first kappa shape index (κ1) is 32.2. The van der Waals surface area contributed by atoms with Gasteiger partial charge < -0.3 is 34.6 Å². The van der Waals surface area contributed by atoms with Gasteiger partial charge >= 0.3 is 0 Å². The summed E-state index contributed by atoms with van der Waals surface area (Å²) >= 11 is 12.5. The molecule has 4 aromatic rings. The van der Waals surface area contributed by atoms with E-state index in [-0.39, 0.29) is 38.9 Å². The lowest BCUT2D eigenvalue weighted by Crippen LogP contribution is -2.44. The molecular formula is C32H33Cl2FN6O4. The van der Waals surface area contributed by atoms with Crippen LogP contribution in [0.3, 0.4) is 0 Å². The molecule has 0 radical (unpaired) electrons. The molecule has 236 valence electrons. The minimum absolute atomic E-state index is 0.0716. The number of halogens is 3. The van der Waals surface area contributed by atoms with Crippen molar-refractivity contribution in [1.82, 2.24) is 19.8 Å². The number of anilines is 3. The maximum absolute atomic E-state index is 14.5. The molecule has 2 heterocycles. The van der Waals surface area contributed by atoms with Crippen LogP contribution in [0.1, 0.15) is 16.8 Å². The largest absolute Gasteiger partial charge is 0.493 e. The van der Waals surface area contributed by atoms with Crippen LogP contribution in [-0.2, 0) is 0 Å². The van der Waals surface area contributed by atoms with E-state index >= 15 is 0 Å². The molecule has 0 saturated carbocycles.